The number of unbranched alkanes of at least 4 members (excludes halogenated alkanes) is 1. The van der Waals surface area contributed by atoms with Gasteiger partial charge >= 0.3 is 0 Å². The van der Waals surface area contributed by atoms with Crippen LogP contribution < -0.4 is 5.32 Å². The molecule has 1 amide bonds. The van der Waals surface area contributed by atoms with E-state index in [4.69, 9.17) is 0 Å². The summed E-state index contributed by atoms with van der Waals surface area (Å²) in [5.74, 6) is 0.267. The summed E-state index contributed by atoms with van der Waals surface area (Å²) >= 11 is 0. The summed E-state index contributed by atoms with van der Waals surface area (Å²) in [6.45, 7) is 7.81. The monoisotopic (exact) mass is 184 g/mol. The quantitative estimate of drug-likeness (QED) is 0.715. The maximum absolute atomic E-state index is 11.8. The van der Waals surface area contributed by atoms with Crippen LogP contribution in [0.15, 0.2) is 0 Å². The molecule has 1 atom stereocenters. The summed E-state index contributed by atoms with van der Waals surface area (Å²) in [5.41, 5.74) is -0.298. The third-order valence-corrected chi connectivity index (χ3v) is 2.91. The number of amides is 1. The number of nitrogens with one attached hydrogen (secondary N) is 1. The summed E-state index contributed by atoms with van der Waals surface area (Å²) < 4.78 is 0. The van der Waals surface area contributed by atoms with E-state index in [1.807, 2.05) is 18.7 Å². The van der Waals surface area contributed by atoms with Gasteiger partial charge in [0.2, 0.25) is 5.91 Å². The molecule has 3 nitrogen and oxygen atoms in total. The van der Waals surface area contributed by atoms with Crippen LogP contribution >= 0.6 is 0 Å². The van der Waals surface area contributed by atoms with Crippen LogP contribution in [0.1, 0.15) is 40.0 Å². The molecule has 1 rings (SSSR count). The van der Waals surface area contributed by atoms with Crippen molar-refractivity contribution in [3.05, 3.63) is 0 Å². The number of carbonyl (C=O) groups is 1. The summed E-state index contributed by atoms with van der Waals surface area (Å²) in [6, 6.07) is 0. The van der Waals surface area contributed by atoms with Crippen molar-refractivity contribution in [2.75, 3.05) is 13.2 Å². The highest BCUT2D eigenvalue weighted by Crippen LogP contribution is 2.19. The topological polar surface area (TPSA) is 32.3 Å². The Kier molecular flexibility index (Phi) is 3.31. The van der Waals surface area contributed by atoms with Crippen LogP contribution in [-0.4, -0.2) is 29.6 Å². The molecule has 1 fully saturated rings. The van der Waals surface area contributed by atoms with E-state index < -0.39 is 0 Å². The highest BCUT2D eigenvalue weighted by atomic mass is 16.2. The Labute approximate surface area is 80.5 Å². The van der Waals surface area contributed by atoms with Crippen LogP contribution in [0.25, 0.3) is 0 Å². The van der Waals surface area contributed by atoms with Gasteiger partial charge in [-0.25, -0.2) is 0 Å². The average molecular weight is 184 g/mol. The fourth-order valence-corrected chi connectivity index (χ4v) is 1.57. The second-order valence-electron chi connectivity index (χ2n) is 3.94. The van der Waals surface area contributed by atoms with Crippen molar-refractivity contribution in [2.24, 2.45) is 0 Å². The first-order chi connectivity index (χ1) is 6.14. The predicted molar refractivity (Wildman–Crippen MR) is 53.3 cm³/mol. The first-order valence-electron chi connectivity index (χ1n) is 5.18. The third-order valence-electron chi connectivity index (χ3n) is 2.91. The minimum Gasteiger partial charge on any atom is -0.328 e. The van der Waals surface area contributed by atoms with Gasteiger partial charge in [-0.05, 0) is 19.8 Å². The van der Waals surface area contributed by atoms with Crippen molar-refractivity contribution < 1.29 is 4.79 Å². The number of carbonyl (C=O) groups excluding carboxylic acids is 1. The summed E-state index contributed by atoms with van der Waals surface area (Å²) in [4.78, 5) is 13.8. The number of hydrogen-bond acceptors (Lipinski definition) is 2. The molecule has 1 heterocycles. The molecule has 0 aliphatic carbocycles. The SMILES string of the molecule is CCCCN1CNC(C)(CC)C1=O. The molecule has 0 saturated carbocycles. The van der Waals surface area contributed by atoms with E-state index in [2.05, 4.69) is 12.2 Å². The Morgan fingerprint density at radius 1 is 1.54 bits per heavy atom. The van der Waals surface area contributed by atoms with Crippen molar-refractivity contribution in [1.82, 2.24) is 10.2 Å². The van der Waals surface area contributed by atoms with Gasteiger partial charge in [0.25, 0.3) is 0 Å². The molecule has 1 aliphatic rings. The summed E-state index contributed by atoms with van der Waals surface area (Å²) in [5, 5.41) is 3.27. The fourth-order valence-electron chi connectivity index (χ4n) is 1.57. The van der Waals surface area contributed by atoms with E-state index in [0.29, 0.717) is 0 Å². The Bertz CT molecular complexity index is 191. The normalized spacial score (nSPS) is 28.5. The second-order valence-corrected chi connectivity index (χ2v) is 3.94. The van der Waals surface area contributed by atoms with Gasteiger partial charge in [-0.3, -0.25) is 10.1 Å². The zero-order valence-corrected chi connectivity index (χ0v) is 8.89. The van der Waals surface area contributed by atoms with Gasteiger partial charge in [-0.2, -0.15) is 0 Å². The van der Waals surface area contributed by atoms with E-state index in [9.17, 15) is 4.79 Å². The molecule has 3 heteroatoms. The molecule has 0 aromatic heterocycles. The van der Waals surface area contributed by atoms with Crippen molar-refractivity contribution in [3.8, 4) is 0 Å². The predicted octanol–water partition coefficient (Wildman–Crippen LogP) is 1.34. The Hall–Kier alpha value is -0.570. The van der Waals surface area contributed by atoms with E-state index in [1.54, 1.807) is 0 Å². The molecule has 0 aromatic rings. The van der Waals surface area contributed by atoms with Gasteiger partial charge in [0.1, 0.15) is 0 Å². The average Bonchev–Trinajstić information content (AvgIpc) is 2.43. The molecule has 76 valence electrons. The molecule has 0 spiro atoms. The maximum Gasteiger partial charge on any atom is 0.243 e. The molecule has 0 aromatic carbocycles. The lowest BCUT2D eigenvalue weighted by molar-refractivity contribution is -0.132. The van der Waals surface area contributed by atoms with Gasteiger partial charge < -0.3 is 4.90 Å². The van der Waals surface area contributed by atoms with Gasteiger partial charge in [-0.1, -0.05) is 20.3 Å². The third kappa shape index (κ3) is 2.02. The molecule has 13 heavy (non-hydrogen) atoms. The van der Waals surface area contributed by atoms with Crippen molar-refractivity contribution in [3.63, 3.8) is 0 Å². The fraction of sp³-hybridized carbons (Fsp3) is 0.900. The van der Waals surface area contributed by atoms with E-state index >= 15 is 0 Å². The van der Waals surface area contributed by atoms with Crippen molar-refractivity contribution >= 4 is 5.91 Å². The van der Waals surface area contributed by atoms with Gasteiger partial charge in [-0.15, -0.1) is 0 Å². The van der Waals surface area contributed by atoms with E-state index in [-0.39, 0.29) is 11.4 Å². The van der Waals surface area contributed by atoms with E-state index in [1.165, 1.54) is 0 Å². The molecular weight excluding hydrogens is 164 g/mol. The van der Waals surface area contributed by atoms with Crippen LogP contribution in [-0.2, 0) is 4.79 Å². The van der Waals surface area contributed by atoms with Crippen molar-refractivity contribution in [2.45, 2.75) is 45.6 Å². The molecule has 0 radical (unpaired) electrons. The van der Waals surface area contributed by atoms with Gasteiger partial charge in [0.15, 0.2) is 0 Å². The smallest absolute Gasteiger partial charge is 0.243 e. The first kappa shape index (κ1) is 10.5. The zero-order chi connectivity index (χ0) is 9.90. The molecule has 1 aliphatic heterocycles. The number of nitrogens with zero attached hydrogens (tertiary/aromatic N) is 1. The zero-order valence-electron chi connectivity index (χ0n) is 8.89. The standard InChI is InChI=1S/C10H20N2O/c1-4-6-7-12-8-11-10(3,5-2)9(12)13/h11H,4-8H2,1-3H3. The maximum atomic E-state index is 11.8. The molecular formula is C10H20N2O. The Balaban J connectivity index is 2.50. The molecule has 0 bridgehead atoms. The van der Waals surface area contributed by atoms with Crippen LogP contribution in [0.5, 0.6) is 0 Å². The summed E-state index contributed by atoms with van der Waals surface area (Å²) in [7, 11) is 0. The Morgan fingerprint density at radius 3 is 2.69 bits per heavy atom. The van der Waals surface area contributed by atoms with Crippen LogP contribution in [0.3, 0.4) is 0 Å². The highest BCUT2D eigenvalue weighted by molar-refractivity contribution is 5.87. The van der Waals surface area contributed by atoms with E-state index in [0.717, 1.165) is 32.5 Å². The number of rotatable bonds is 4. The number of hydrogen-bond donors (Lipinski definition) is 1. The lowest BCUT2D eigenvalue weighted by Crippen LogP contribution is -2.42. The summed E-state index contributed by atoms with van der Waals surface area (Å²) in [6.07, 6.45) is 3.12. The molecule has 1 unspecified atom stereocenters. The molecule has 1 saturated heterocycles. The van der Waals surface area contributed by atoms with Crippen LogP contribution in [0.4, 0.5) is 0 Å². The Morgan fingerprint density at radius 2 is 2.23 bits per heavy atom. The largest absolute Gasteiger partial charge is 0.328 e. The first-order valence-corrected chi connectivity index (χ1v) is 5.18. The molecule has 1 N–H and O–H groups in total. The van der Waals surface area contributed by atoms with Gasteiger partial charge in [0, 0.05) is 6.54 Å². The van der Waals surface area contributed by atoms with Gasteiger partial charge in [0.05, 0.1) is 12.2 Å². The minimum absolute atomic E-state index is 0.267. The van der Waals surface area contributed by atoms with Crippen LogP contribution in [0.2, 0.25) is 0 Å². The second kappa shape index (κ2) is 4.09. The minimum atomic E-state index is -0.298. The van der Waals surface area contributed by atoms with Crippen LogP contribution in [0, 0.1) is 0 Å². The highest BCUT2D eigenvalue weighted by Gasteiger charge is 2.40. The van der Waals surface area contributed by atoms with Crippen molar-refractivity contribution in [1.29, 1.82) is 0 Å². The lowest BCUT2D eigenvalue weighted by Gasteiger charge is -2.20. The lowest BCUT2D eigenvalue weighted by atomic mass is 9.99.